The van der Waals surface area contributed by atoms with Crippen LogP contribution in [0.2, 0.25) is 5.02 Å². The van der Waals surface area contributed by atoms with E-state index in [1.165, 1.54) is 0 Å². The average molecular weight is 369 g/mol. The van der Waals surface area contributed by atoms with Crippen molar-refractivity contribution in [2.75, 3.05) is 7.11 Å². The van der Waals surface area contributed by atoms with E-state index in [1.807, 2.05) is 37.3 Å². The molecule has 0 radical (unpaired) electrons. The topological polar surface area (TPSA) is 61.4 Å². The van der Waals surface area contributed by atoms with Crippen LogP contribution in [0.4, 0.5) is 0 Å². The number of nitrogens with zero attached hydrogens (tertiary/aromatic N) is 4. The Labute approximate surface area is 154 Å². The van der Waals surface area contributed by atoms with Gasteiger partial charge >= 0.3 is 0 Å². The van der Waals surface area contributed by atoms with Crippen LogP contribution < -0.4 is 5.56 Å². The molecule has 0 saturated carbocycles. The third kappa shape index (κ3) is 2.58. The van der Waals surface area contributed by atoms with Gasteiger partial charge in [0.1, 0.15) is 0 Å². The molecule has 3 aromatic heterocycles. The highest BCUT2D eigenvalue weighted by molar-refractivity contribution is 6.30. The predicted molar refractivity (Wildman–Crippen MR) is 102 cm³/mol. The summed E-state index contributed by atoms with van der Waals surface area (Å²) in [5.41, 5.74) is 3.92. The highest BCUT2D eigenvalue weighted by Gasteiger charge is 2.18. The standard InChI is InChI=1S/C19H17ClN4O2/c1-3-23-9-8-16-14(19(23)25)10-21-18-17(12-4-6-13(20)7-5-12)15(11-26-2)22-24(16)18/h4-10H,3,11H2,1-2H3. The van der Waals surface area contributed by atoms with E-state index < -0.39 is 0 Å². The van der Waals surface area contributed by atoms with Gasteiger partial charge in [0.15, 0.2) is 5.65 Å². The quantitative estimate of drug-likeness (QED) is 0.553. The molecule has 7 heteroatoms. The van der Waals surface area contributed by atoms with Gasteiger partial charge in [-0.05, 0) is 30.7 Å². The Morgan fingerprint density at radius 1 is 1.19 bits per heavy atom. The first-order valence-electron chi connectivity index (χ1n) is 8.28. The number of hydrogen-bond acceptors (Lipinski definition) is 4. The number of methoxy groups -OCH3 is 1. The van der Waals surface area contributed by atoms with E-state index in [1.54, 1.807) is 28.6 Å². The second-order valence-electron chi connectivity index (χ2n) is 5.96. The second-order valence-corrected chi connectivity index (χ2v) is 6.40. The summed E-state index contributed by atoms with van der Waals surface area (Å²) < 4.78 is 8.69. The molecule has 3 heterocycles. The van der Waals surface area contributed by atoms with Crippen molar-refractivity contribution in [3.63, 3.8) is 0 Å². The van der Waals surface area contributed by atoms with Gasteiger partial charge in [-0.25, -0.2) is 9.50 Å². The Bertz CT molecular complexity index is 1160. The molecule has 4 aromatic rings. The molecule has 6 nitrogen and oxygen atoms in total. The van der Waals surface area contributed by atoms with Gasteiger partial charge < -0.3 is 9.30 Å². The summed E-state index contributed by atoms with van der Waals surface area (Å²) in [4.78, 5) is 17.1. The van der Waals surface area contributed by atoms with E-state index in [2.05, 4.69) is 10.1 Å². The van der Waals surface area contributed by atoms with Crippen molar-refractivity contribution in [1.82, 2.24) is 19.2 Å². The molecular weight excluding hydrogens is 352 g/mol. The van der Waals surface area contributed by atoms with Crippen molar-refractivity contribution in [1.29, 1.82) is 0 Å². The first-order chi connectivity index (χ1) is 12.6. The highest BCUT2D eigenvalue weighted by Crippen LogP contribution is 2.30. The molecule has 26 heavy (non-hydrogen) atoms. The van der Waals surface area contributed by atoms with Crippen molar-refractivity contribution in [2.24, 2.45) is 0 Å². The van der Waals surface area contributed by atoms with E-state index in [4.69, 9.17) is 16.3 Å². The molecule has 132 valence electrons. The molecule has 0 aliphatic heterocycles. The van der Waals surface area contributed by atoms with E-state index >= 15 is 0 Å². The van der Waals surface area contributed by atoms with Crippen LogP contribution in [-0.2, 0) is 17.9 Å². The molecule has 0 N–H and O–H groups in total. The van der Waals surface area contributed by atoms with Crippen LogP contribution >= 0.6 is 11.6 Å². The van der Waals surface area contributed by atoms with Crippen molar-refractivity contribution in [3.05, 3.63) is 63.8 Å². The number of rotatable bonds is 4. The van der Waals surface area contributed by atoms with Gasteiger partial charge in [0.2, 0.25) is 0 Å². The molecule has 0 spiro atoms. The normalized spacial score (nSPS) is 11.5. The number of pyridine rings is 1. The van der Waals surface area contributed by atoms with Gasteiger partial charge in [-0.2, -0.15) is 5.10 Å². The number of fused-ring (bicyclic) bond motifs is 3. The summed E-state index contributed by atoms with van der Waals surface area (Å²) in [6.07, 6.45) is 3.40. The van der Waals surface area contributed by atoms with Crippen LogP contribution in [0.1, 0.15) is 12.6 Å². The summed E-state index contributed by atoms with van der Waals surface area (Å²) in [6, 6.07) is 9.42. The maximum atomic E-state index is 12.6. The minimum absolute atomic E-state index is 0.0729. The van der Waals surface area contributed by atoms with Gasteiger partial charge in [-0.3, -0.25) is 4.79 Å². The lowest BCUT2D eigenvalue weighted by atomic mass is 10.1. The summed E-state index contributed by atoms with van der Waals surface area (Å²) in [6.45, 7) is 2.88. The van der Waals surface area contributed by atoms with Crippen LogP contribution in [0.15, 0.2) is 47.5 Å². The van der Waals surface area contributed by atoms with Crippen molar-refractivity contribution in [2.45, 2.75) is 20.1 Å². The van der Waals surface area contributed by atoms with Crippen LogP contribution in [0, 0.1) is 0 Å². The Kier molecular flexibility index (Phi) is 4.22. The maximum absolute atomic E-state index is 12.6. The molecule has 0 fully saturated rings. The minimum Gasteiger partial charge on any atom is -0.378 e. The third-order valence-corrected chi connectivity index (χ3v) is 4.66. The Hall–Kier alpha value is -2.70. The molecule has 0 amide bonds. The summed E-state index contributed by atoms with van der Waals surface area (Å²) in [7, 11) is 1.63. The van der Waals surface area contributed by atoms with Crippen LogP contribution in [0.3, 0.4) is 0 Å². The van der Waals surface area contributed by atoms with Gasteiger partial charge in [0.25, 0.3) is 5.56 Å². The Morgan fingerprint density at radius 2 is 1.96 bits per heavy atom. The largest absolute Gasteiger partial charge is 0.378 e. The molecule has 0 aliphatic rings. The fraction of sp³-hybridized carbons (Fsp3) is 0.211. The SMILES string of the molecule is CCn1ccc2c(cnc3c(-c4ccc(Cl)cc4)c(COC)nn32)c1=O. The number of aryl methyl sites for hydroxylation is 1. The zero-order valence-electron chi connectivity index (χ0n) is 14.4. The summed E-state index contributed by atoms with van der Waals surface area (Å²) in [5.74, 6) is 0. The zero-order chi connectivity index (χ0) is 18.3. The molecule has 0 aliphatic carbocycles. The highest BCUT2D eigenvalue weighted by atomic mass is 35.5. The molecule has 4 rings (SSSR count). The van der Waals surface area contributed by atoms with Gasteiger partial charge in [0.05, 0.1) is 28.8 Å². The maximum Gasteiger partial charge on any atom is 0.261 e. The predicted octanol–water partition coefficient (Wildman–Crippen LogP) is 3.53. The van der Waals surface area contributed by atoms with Crippen molar-refractivity contribution in [3.8, 4) is 11.1 Å². The number of hydrogen-bond donors (Lipinski definition) is 0. The second kappa shape index (κ2) is 6.55. The first kappa shape index (κ1) is 16.8. The van der Waals surface area contributed by atoms with Crippen LogP contribution in [0.5, 0.6) is 0 Å². The van der Waals surface area contributed by atoms with Crippen molar-refractivity contribution >= 4 is 28.2 Å². The zero-order valence-corrected chi connectivity index (χ0v) is 15.2. The van der Waals surface area contributed by atoms with E-state index in [0.717, 1.165) is 22.3 Å². The average Bonchev–Trinajstić information content (AvgIpc) is 3.01. The lowest BCUT2D eigenvalue weighted by Crippen LogP contribution is -2.19. The van der Waals surface area contributed by atoms with Gasteiger partial charge in [-0.15, -0.1) is 0 Å². The monoisotopic (exact) mass is 368 g/mol. The number of aromatic nitrogens is 4. The van der Waals surface area contributed by atoms with Gasteiger partial charge in [0, 0.05) is 31.1 Å². The Balaban J connectivity index is 2.06. The minimum atomic E-state index is -0.0729. The fourth-order valence-corrected chi connectivity index (χ4v) is 3.28. The number of benzene rings is 1. The molecule has 0 unspecified atom stereocenters. The summed E-state index contributed by atoms with van der Waals surface area (Å²) >= 11 is 6.02. The van der Waals surface area contributed by atoms with E-state index in [9.17, 15) is 4.79 Å². The number of ether oxygens (including phenoxy) is 1. The van der Waals surface area contributed by atoms with Crippen LogP contribution in [-0.4, -0.2) is 26.3 Å². The third-order valence-electron chi connectivity index (χ3n) is 4.41. The Morgan fingerprint density at radius 3 is 2.65 bits per heavy atom. The lowest BCUT2D eigenvalue weighted by Gasteiger charge is -2.06. The van der Waals surface area contributed by atoms with Gasteiger partial charge in [-0.1, -0.05) is 23.7 Å². The summed E-state index contributed by atoms with van der Waals surface area (Å²) in [5, 5.41) is 5.88. The lowest BCUT2D eigenvalue weighted by molar-refractivity contribution is 0.181. The fourth-order valence-electron chi connectivity index (χ4n) is 3.15. The van der Waals surface area contributed by atoms with Crippen molar-refractivity contribution < 1.29 is 4.74 Å². The van der Waals surface area contributed by atoms with E-state index in [0.29, 0.717) is 29.2 Å². The van der Waals surface area contributed by atoms with Crippen LogP contribution in [0.25, 0.3) is 27.7 Å². The smallest absolute Gasteiger partial charge is 0.261 e. The molecule has 1 aromatic carbocycles. The molecule has 0 atom stereocenters. The first-order valence-corrected chi connectivity index (χ1v) is 8.66. The molecular formula is C19H17ClN4O2. The number of halogens is 1. The molecule has 0 saturated heterocycles. The molecule has 0 bridgehead atoms. The van der Waals surface area contributed by atoms with E-state index in [-0.39, 0.29) is 5.56 Å².